The Balaban J connectivity index is 2.19. The average molecular weight is 281 g/mol. The second-order valence-electron chi connectivity index (χ2n) is 5.33. The number of pyridine rings is 1. The van der Waals surface area contributed by atoms with Crippen LogP contribution in [0.25, 0.3) is 21.8 Å². The second kappa shape index (κ2) is 5.56. The van der Waals surface area contributed by atoms with Crippen LogP contribution in [0.15, 0.2) is 36.5 Å². The van der Waals surface area contributed by atoms with Crippen molar-refractivity contribution >= 4 is 27.7 Å². The van der Waals surface area contributed by atoms with Gasteiger partial charge >= 0.3 is 0 Å². The van der Waals surface area contributed by atoms with Gasteiger partial charge in [0.15, 0.2) is 0 Å². The number of fused-ring (bicyclic) bond motifs is 3. The third-order valence-electron chi connectivity index (χ3n) is 3.74. The quantitative estimate of drug-likeness (QED) is 0.766. The van der Waals surface area contributed by atoms with Crippen molar-refractivity contribution in [2.24, 2.45) is 0 Å². The zero-order chi connectivity index (χ0) is 14.8. The molecule has 0 bridgehead atoms. The van der Waals surface area contributed by atoms with Crippen LogP contribution >= 0.6 is 0 Å². The summed E-state index contributed by atoms with van der Waals surface area (Å²) in [6, 6.07) is 10.2. The van der Waals surface area contributed by atoms with E-state index >= 15 is 0 Å². The van der Waals surface area contributed by atoms with E-state index < -0.39 is 0 Å². The molecule has 1 amide bonds. The fourth-order valence-corrected chi connectivity index (χ4v) is 2.87. The molecule has 2 aromatic heterocycles. The summed E-state index contributed by atoms with van der Waals surface area (Å²) in [6.07, 6.45) is 3.69. The predicted molar refractivity (Wildman–Crippen MR) is 85.1 cm³/mol. The number of nitrogens with one attached hydrogen (secondary N) is 2. The lowest BCUT2D eigenvalue weighted by Gasteiger charge is -2.17. The molecule has 0 spiro atoms. The molecule has 0 saturated carbocycles. The summed E-state index contributed by atoms with van der Waals surface area (Å²) in [5, 5.41) is 5.36. The summed E-state index contributed by atoms with van der Waals surface area (Å²) in [6.45, 7) is 3.66. The molecule has 1 aromatic carbocycles. The Morgan fingerprint density at radius 1 is 1.29 bits per heavy atom. The maximum absolute atomic E-state index is 11.5. The van der Waals surface area contributed by atoms with Gasteiger partial charge in [-0.3, -0.25) is 9.78 Å². The molecular formula is C17H19N3O. The number of aromatic nitrogens is 2. The number of hydrogen-bond donors (Lipinski definition) is 2. The van der Waals surface area contributed by atoms with Crippen molar-refractivity contribution in [3.63, 3.8) is 0 Å². The topological polar surface area (TPSA) is 57.8 Å². The van der Waals surface area contributed by atoms with Crippen molar-refractivity contribution in [3.8, 4) is 0 Å². The number of hydrogen-bond acceptors (Lipinski definition) is 2. The van der Waals surface area contributed by atoms with Crippen LogP contribution in [0.2, 0.25) is 0 Å². The van der Waals surface area contributed by atoms with Crippen LogP contribution in [0, 0.1) is 0 Å². The third kappa shape index (κ3) is 2.49. The van der Waals surface area contributed by atoms with Gasteiger partial charge in [-0.15, -0.1) is 0 Å². The van der Waals surface area contributed by atoms with E-state index in [0.717, 1.165) is 35.0 Å². The Morgan fingerprint density at radius 2 is 2.10 bits per heavy atom. The van der Waals surface area contributed by atoms with Gasteiger partial charge in [-0.1, -0.05) is 31.5 Å². The highest BCUT2D eigenvalue weighted by atomic mass is 16.1. The first-order valence-electron chi connectivity index (χ1n) is 7.33. The fraction of sp³-hybridized carbons (Fsp3) is 0.294. The molecule has 0 radical (unpaired) electrons. The Bertz CT molecular complexity index is 791. The van der Waals surface area contributed by atoms with Crippen LogP contribution < -0.4 is 5.32 Å². The summed E-state index contributed by atoms with van der Waals surface area (Å²) in [5.74, 6) is -0.0247. The molecule has 21 heavy (non-hydrogen) atoms. The number of carbonyl (C=O) groups excluding carboxylic acids is 1. The van der Waals surface area contributed by atoms with E-state index in [1.54, 1.807) is 6.92 Å². The highest BCUT2D eigenvalue weighted by Crippen LogP contribution is 2.30. The number of aromatic amines is 1. The Morgan fingerprint density at radius 3 is 2.86 bits per heavy atom. The zero-order valence-corrected chi connectivity index (χ0v) is 12.3. The van der Waals surface area contributed by atoms with Crippen LogP contribution in [-0.2, 0) is 4.79 Å². The van der Waals surface area contributed by atoms with Crippen molar-refractivity contribution in [1.82, 2.24) is 15.3 Å². The SMILES string of the molecule is CCC[C@@H](NC(C)=O)c1nccc2c1[nH]c1ccccc12. The highest BCUT2D eigenvalue weighted by molar-refractivity contribution is 6.07. The monoisotopic (exact) mass is 281 g/mol. The number of rotatable bonds is 4. The lowest BCUT2D eigenvalue weighted by atomic mass is 10.0. The van der Waals surface area contributed by atoms with Gasteiger partial charge in [-0.2, -0.15) is 0 Å². The van der Waals surface area contributed by atoms with Crippen LogP contribution in [0.1, 0.15) is 38.4 Å². The van der Waals surface area contributed by atoms with Gasteiger partial charge in [0.05, 0.1) is 17.3 Å². The lowest BCUT2D eigenvalue weighted by Crippen LogP contribution is -2.26. The van der Waals surface area contributed by atoms with Gasteiger partial charge in [0, 0.05) is 29.4 Å². The van der Waals surface area contributed by atoms with E-state index in [4.69, 9.17) is 0 Å². The van der Waals surface area contributed by atoms with Crippen molar-refractivity contribution in [3.05, 3.63) is 42.2 Å². The van der Waals surface area contributed by atoms with E-state index in [1.807, 2.05) is 24.4 Å². The minimum absolute atomic E-state index is 0.0247. The van der Waals surface area contributed by atoms with Crippen LogP contribution in [0.3, 0.4) is 0 Å². The minimum Gasteiger partial charge on any atom is -0.353 e. The van der Waals surface area contributed by atoms with Gasteiger partial charge < -0.3 is 10.3 Å². The molecule has 2 N–H and O–H groups in total. The Hall–Kier alpha value is -2.36. The Labute approximate surface area is 123 Å². The molecule has 4 nitrogen and oxygen atoms in total. The smallest absolute Gasteiger partial charge is 0.217 e. The largest absolute Gasteiger partial charge is 0.353 e. The minimum atomic E-state index is -0.0516. The molecule has 1 atom stereocenters. The van der Waals surface area contributed by atoms with E-state index in [-0.39, 0.29) is 11.9 Å². The second-order valence-corrected chi connectivity index (χ2v) is 5.33. The number of benzene rings is 1. The van der Waals surface area contributed by atoms with E-state index in [9.17, 15) is 4.79 Å². The number of carbonyl (C=O) groups is 1. The van der Waals surface area contributed by atoms with Crippen LogP contribution in [0.4, 0.5) is 0 Å². The summed E-state index contributed by atoms with van der Waals surface area (Å²) < 4.78 is 0. The lowest BCUT2D eigenvalue weighted by molar-refractivity contribution is -0.119. The predicted octanol–water partition coefficient (Wildman–Crippen LogP) is 3.69. The number of nitrogens with zero attached hydrogens (tertiary/aromatic N) is 1. The van der Waals surface area contributed by atoms with Crippen LogP contribution in [-0.4, -0.2) is 15.9 Å². The molecule has 0 aliphatic heterocycles. The van der Waals surface area contributed by atoms with Crippen molar-refractivity contribution < 1.29 is 4.79 Å². The molecule has 0 aliphatic carbocycles. The van der Waals surface area contributed by atoms with Crippen molar-refractivity contribution in [1.29, 1.82) is 0 Å². The van der Waals surface area contributed by atoms with E-state index in [0.29, 0.717) is 0 Å². The maximum Gasteiger partial charge on any atom is 0.217 e. The fourth-order valence-electron chi connectivity index (χ4n) is 2.87. The third-order valence-corrected chi connectivity index (χ3v) is 3.74. The van der Waals surface area contributed by atoms with E-state index in [1.165, 1.54) is 5.39 Å². The van der Waals surface area contributed by atoms with E-state index in [2.05, 4.69) is 34.3 Å². The molecule has 0 saturated heterocycles. The molecule has 4 heteroatoms. The molecule has 108 valence electrons. The highest BCUT2D eigenvalue weighted by Gasteiger charge is 2.18. The van der Waals surface area contributed by atoms with Gasteiger partial charge in [0.25, 0.3) is 0 Å². The van der Waals surface area contributed by atoms with Crippen LogP contribution in [0.5, 0.6) is 0 Å². The molecule has 3 rings (SSSR count). The maximum atomic E-state index is 11.5. The average Bonchev–Trinajstić information content (AvgIpc) is 2.85. The number of amides is 1. The molecule has 2 heterocycles. The van der Waals surface area contributed by atoms with Gasteiger partial charge in [0.1, 0.15) is 0 Å². The summed E-state index contributed by atoms with van der Waals surface area (Å²) >= 11 is 0. The normalized spacial score (nSPS) is 12.7. The summed E-state index contributed by atoms with van der Waals surface area (Å²) in [4.78, 5) is 19.4. The first-order chi connectivity index (χ1) is 10.2. The van der Waals surface area contributed by atoms with Crippen molar-refractivity contribution in [2.75, 3.05) is 0 Å². The zero-order valence-electron chi connectivity index (χ0n) is 12.3. The number of para-hydroxylation sites is 1. The summed E-state index contributed by atoms with van der Waals surface area (Å²) in [7, 11) is 0. The molecular weight excluding hydrogens is 262 g/mol. The first-order valence-corrected chi connectivity index (χ1v) is 7.33. The van der Waals surface area contributed by atoms with Gasteiger partial charge in [-0.05, 0) is 18.6 Å². The number of H-pyrrole nitrogens is 1. The molecule has 0 aliphatic rings. The van der Waals surface area contributed by atoms with Gasteiger partial charge in [0.2, 0.25) is 5.91 Å². The Kier molecular flexibility index (Phi) is 3.60. The molecule has 0 unspecified atom stereocenters. The molecule has 3 aromatic rings. The van der Waals surface area contributed by atoms with Gasteiger partial charge in [-0.25, -0.2) is 0 Å². The first kappa shape index (κ1) is 13.6. The van der Waals surface area contributed by atoms with Crippen molar-refractivity contribution in [2.45, 2.75) is 32.7 Å². The molecule has 0 fully saturated rings. The standard InChI is InChI=1S/C17H19N3O/c1-3-6-15(19-11(2)21)17-16-13(9-10-18-17)12-7-4-5-8-14(12)20-16/h4-5,7-10,15,20H,3,6H2,1-2H3,(H,19,21)/t15-/m1/s1. The summed E-state index contributed by atoms with van der Waals surface area (Å²) in [5.41, 5.74) is 3.03.